The van der Waals surface area contributed by atoms with Crippen molar-refractivity contribution >= 4 is 22.4 Å². The average molecular weight is 377 g/mol. The second-order valence-electron chi connectivity index (χ2n) is 5.18. The Labute approximate surface area is 139 Å². The third kappa shape index (κ3) is 7.38. The van der Waals surface area contributed by atoms with Gasteiger partial charge in [0.1, 0.15) is 10.6 Å². The molecule has 1 aromatic rings. The fourth-order valence-corrected chi connectivity index (χ4v) is 3.32. The lowest BCUT2D eigenvalue weighted by Crippen LogP contribution is -2.41. The van der Waals surface area contributed by atoms with Crippen molar-refractivity contribution in [3.8, 4) is 5.75 Å². The van der Waals surface area contributed by atoms with Crippen LogP contribution in [0.5, 0.6) is 5.75 Å². The van der Waals surface area contributed by atoms with Gasteiger partial charge in [0, 0.05) is 12.6 Å². The first kappa shape index (κ1) is 22.0. The summed E-state index contributed by atoms with van der Waals surface area (Å²) in [7, 11) is -4.18. The highest BCUT2D eigenvalue weighted by atomic mass is 35.5. The van der Waals surface area contributed by atoms with Crippen LogP contribution in [0.1, 0.15) is 20.3 Å². The van der Waals surface area contributed by atoms with Gasteiger partial charge in [-0.05, 0) is 24.5 Å². The minimum absolute atomic E-state index is 0. The molecule has 10 heteroatoms. The lowest BCUT2D eigenvalue weighted by atomic mass is 10.1. The standard InChI is InChI=1S/C13H19F3N2O3S.ClH/c1-9(2)7-10(8-17)18-22(19,20)12-6-4-3-5-11(12)21-13(14,15)16;/h3-6,9-10,18H,7-8,17H2,1-2H3;1H. The molecule has 0 heterocycles. The van der Waals surface area contributed by atoms with Crippen molar-refractivity contribution < 1.29 is 26.3 Å². The molecule has 1 unspecified atom stereocenters. The van der Waals surface area contributed by atoms with Gasteiger partial charge in [-0.25, -0.2) is 13.1 Å². The smallest absolute Gasteiger partial charge is 0.404 e. The molecule has 0 aromatic heterocycles. The fraction of sp³-hybridized carbons (Fsp3) is 0.538. The van der Waals surface area contributed by atoms with E-state index in [4.69, 9.17) is 5.73 Å². The predicted octanol–water partition coefficient (Wildman–Crippen LogP) is 2.66. The summed E-state index contributed by atoms with van der Waals surface area (Å²) >= 11 is 0. The number of halogens is 4. The van der Waals surface area contributed by atoms with Gasteiger partial charge in [0.15, 0.2) is 0 Å². The summed E-state index contributed by atoms with van der Waals surface area (Å²) in [6, 6.07) is 4.00. The molecule has 1 rings (SSSR count). The Balaban J connectivity index is 0.00000484. The summed E-state index contributed by atoms with van der Waals surface area (Å²) in [5.74, 6) is -0.597. The number of para-hydroxylation sites is 1. The first-order chi connectivity index (χ1) is 10.0. The van der Waals surface area contributed by atoms with Crippen molar-refractivity contribution in [1.29, 1.82) is 0 Å². The predicted molar refractivity (Wildman–Crippen MR) is 83.0 cm³/mol. The molecule has 0 spiro atoms. The maximum absolute atomic E-state index is 12.4. The highest BCUT2D eigenvalue weighted by Gasteiger charge is 2.34. The zero-order chi connectivity index (χ0) is 17.0. The van der Waals surface area contributed by atoms with Gasteiger partial charge in [0.25, 0.3) is 0 Å². The van der Waals surface area contributed by atoms with Crippen LogP contribution in [0.3, 0.4) is 0 Å². The van der Waals surface area contributed by atoms with E-state index in [2.05, 4.69) is 9.46 Å². The van der Waals surface area contributed by atoms with Crippen LogP contribution in [0.4, 0.5) is 13.2 Å². The van der Waals surface area contributed by atoms with Gasteiger partial charge in [0.2, 0.25) is 10.0 Å². The summed E-state index contributed by atoms with van der Waals surface area (Å²) < 4.78 is 67.7. The van der Waals surface area contributed by atoms with Crippen LogP contribution >= 0.6 is 12.4 Å². The summed E-state index contributed by atoms with van der Waals surface area (Å²) in [5.41, 5.74) is 5.51. The molecule has 23 heavy (non-hydrogen) atoms. The van der Waals surface area contributed by atoms with Gasteiger partial charge in [0.05, 0.1) is 0 Å². The first-order valence-corrected chi connectivity index (χ1v) is 8.10. The van der Waals surface area contributed by atoms with Crippen LogP contribution in [0.15, 0.2) is 29.2 Å². The molecule has 0 amide bonds. The molecule has 0 aliphatic carbocycles. The van der Waals surface area contributed by atoms with Crippen LogP contribution < -0.4 is 15.2 Å². The Morgan fingerprint density at radius 1 is 1.26 bits per heavy atom. The van der Waals surface area contributed by atoms with E-state index in [9.17, 15) is 21.6 Å². The normalized spacial score (nSPS) is 13.5. The summed E-state index contributed by atoms with van der Waals surface area (Å²) in [6.45, 7) is 3.81. The average Bonchev–Trinajstić information content (AvgIpc) is 2.35. The molecule has 134 valence electrons. The van der Waals surface area contributed by atoms with Gasteiger partial charge in [-0.2, -0.15) is 0 Å². The molecule has 0 aliphatic heterocycles. The van der Waals surface area contributed by atoms with E-state index < -0.39 is 33.1 Å². The van der Waals surface area contributed by atoms with Gasteiger partial charge in [-0.1, -0.05) is 26.0 Å². The number of nitrogens with two attached hydrogens (primary N) is 1. The second kappa shape index (κ2) is 8.72. The fourth-order valence-electron chi connectivity index (χ4n) is 1.93. The lowest BCUT2D eigenvalue weighted by molar-refractivity contribution is -0.275. The van der Waals surface area contributed by atoms with Crippen molar-refractivity contribution in [2.24, 2.45) is 11.7 Å². The summed E-state index contributed by atoms with van der Waals surface area (Å²) in [5, 5.41) is 0. The second-order valence-corrected chi connectivity index (χ2v) is 6.86. The molecule has 0 bridgehead atoms. The Kier molecular flexibility index (Phi) is 8.33. The van der Waals surface area contributed by atoms with Gasteiger partial charge < -0.3 is 10.5 Å². The van der Waals surface area contributed by atoms with Crippen molar-refractivity contribution in [1.82, 2.24) is 4.72 Å². The number of hydrogen-bond acceptors (Lipinski definition) is 4. The third-order valence-corrected chi connectivity index (χ3v) is 4.29. The van der Waals surface area contributed by atoms with Crippen molar-refractivity contribution in [3.05, 3.63) is 24.3 Å². The first-order valence-electron chi connectivity index (χ1n) is 6.62. The lowest BCUT2D eigenvalue weighted by Gasteiger charge is -2.20. The Morgan fingerprint density at radius 2 is 1.83 bits per heavy atom. The Morgan fingerprint density at radius 3 is 2.30 bits per heavy atom. The van der Waals surface area contributed by atoms with Crippen LogP contribution in [0.2, 0.25) is 0 Å². The topological polar surface area (TPSA) is 81.4 Å². The van der Waals surface area contributed by atoms with E-state index in [1.165, 1.54) is 12.1 Å². The van der Waals surface area contributed by atoms with Gasteiger partial charge in [-0.15, -0.1) is 25.6 Å². The van der Waals surface area contributed by atoms with E-state index in [-0.39, 0.29) is 24.9 Å². The molecule has 1 atom stereocenters. The maximum Gasteiger partial charge on any atom is 0.573 e. The molecule has 3 N–H and O–H groups in total. The van der Waals surface area contributed by atoms with Gasteiger partial charge >= 0.3 is 6.36 Å². The van der Waals surface area contributed by atoms with Crippen molar-refractivity contribution in [2.75, 3.05) is 6.54 Å². The summed E-state index contributed by atoms with van der Waals surface area (Å²) in [4.78, 5) is -0.575. The minimum atomic E-state index is -4.98. The molecule has 0 saturated heterocycles. The van der Waals surface area contributed by atoms with E-state index in [0.717, 1.165) is 12.1 Å². The quantitative estimate of drug-likeness (QED) is 0.766. The van der Waals surface area contributed by atoms with E-state index in [1.807, 2.05) is 13.8 Å². The number of ether oxygens (including phenoxy) is 1. The number of benzene rings is 1. The van der Waals surface area contributed by atoms with Crippen LogP contribution in [0.25, 0.3) is 0 Å². The highest BCUT2D eigenvalue weighted by Crippen LogP contribution is 2.29. The minimum Gasteiger partial charge on any atom is -0.404 e. The van der Waals surface area contributed by atoms with Crippen molar-refractivity contribution in [2.45, 2.75) is 37.6 Å². The number of hydrogen-bond donors (Lipinski definition) is 2. The molecule has 0 fully saturated rings. The monoisotopic (exact) mass is 376 g/mol. The van der Waals surface area contributed by atoms with Crippen LogP contribution in [-0.4, -0.2) is 27.4 Å². The molecule has 0 saturated carbocycles. The highest BCUT2D eigenvalue weighted by molar-refractivity contribution is 7.89. The molecule has 5 nitrogen and oxygen atoms in total. The zero-order valence-corrected chi connectivity index (χ0v) is 14.3. The third-order valence-electron chi connectivity index (χ3n) is 2.73. The van der Waals surface area contributed by atoms with Crippen LogP contribution in [0, 0.1) is 5.92 Å². The Hall–Kier alpha value is -1.03. The van der Waals surface area contributed by atoms with E-state index in [0.29, 0.717) is 6.42 Å². The van der Waals surface area contributed by atoms with Crippen molar-refractivity contribution in [3.63, 3.8) is 0 Å². The summed E-state index contributed by atoms with van der Waals surface area (Å²) in [6.07, 6.45) is -4.51. The molecular formula is C13H20ClF3N2O3S. The largest absolute Gasteiger partial charge is 0.573 e. The maximum atomic E-state index is 12.4. The molecule has 0 aliphatic rings. The van der Waals surface area contributed by atoms with Crippen LogP contribution in [-0.2, 0) is 10.0 Å². The number of alkyl halides is 3. The zero-order valence-electron chi connectivity index (χ0n) is 12.6. The molecule has 1 aromatic carbocycles. The van der Waals surface area contributed by atoms with E-state index >= 15 is 0 Å². The number of nitrogens with one attached hydrogen (secondary N) is 1. The molecule has 0 radical (unpaired) electrons. The van der Waals surface area contributed by atoms with E-state index in [1.54, 1.807) is 0 Å². The SMILES string of the molecule is CC(C)CC(CN)NS(=O)(=O)c1ccccc1OC(F)(F)F.Cl. The number of sulfonamides is 1. The van der Waals surface area contributed by atoms with Gasteiger partial charge in [-0.3, -0.25) is 0 Å². The Bertz CT molecular complexity index is 594. The number of rotatable bonds is 7. The molecular weight excluding hydrogens is 357 g/mol.